The van der Waals surface area contributed by atoms with Crippen molar-refractivity contribution in [3.8, 4) is 0 Å². The van der Waals surface area contributed by atoms with Gasteiger partial charge in [0, 0.05) is 17.5 Å². The first-order chi connectivity index (χ1) is 8.15. The standard InChI is InChI=1S/C12H11Cl2NOS/c13-11-2-1-8(4-12(11)14)3-9(16)5-10-6-15-7-17-10/h1-2,4,6-7,9,16H,3,5H2. The van der Waals surface area contributed by atoms with Gasteiger partial charge in [0.05, 0.1) is 21.7 Å². The Balaban J connectivity index is 1.98. The highest BCUT2D eigenvalue weighted by Gasteiger charge is 2.09. The third kappa shape index (κ3) is 3.68. The van der Waals surface area contributed by atoms with Crippen LogP contribution in [0.2, 0.25) is 10.0 Å². The van der Waals surface area contributed by atoms with Gasteiger partial charge in [0.25, 0.3) is 0 Å². The second-order valence-electron chi connectivity index (χ2n) is 3.78. The van der Waals surface area contributed by atoms with E-state index in [1.54, 1.807) is 35.2 Å². The molecule has 1 N–H and O–H groups in total. The molecule has 2 rings (SSSR count). The summed E-state index contributed by atoms with van der Waals surface area (Å²) < 4.78 is 0. The van der Waals surface area contributed by atoms with Gasteiger partial charge in [0.1, 0.15) is 0 Å². The summed E-state index contributed by atoms with van der Waals surface area (Å²) in [7, 11) is 0. The summed E-state index contributed by atoms with van der Waals surface area (Å²) in [5, 5.41) is 11.0. The van der Waals surface area contributed by atoms with Crippen LogP contribution in [0, 0.1) is 0 Å². The Morgan fingerprint density at radius 2 is 2.06 bits per heavy atom. The number of halogens is 2. The van der Waals surface area contributed by atoms with E-state index < -0.39 is 6.10 Å². The third-order valence-electron chi connectivity index (χ3n) is 2.38. The summed E-state index contributed by atoms with van der Waals surface area (Å²) in [6, 6.07) is 5.42. The van der Waals surface area contributed by atoms with Crippen LogP contribution >= 0.6 is 34.5 Å². The molecule has 90 valence electrons. The Hall–Kier alpha value is -0.610. The Morgan fingerprint density at radius 1 is 1.24 bits per heavy atom. The van der Waals surface area contributed by atoms with Gasteiger partial charge in [0.15, 0.2) is 0 Å². The molecule has 0 aliphatic carbocycles. The summed E-state index contributed by atoms with van der Waals surface area (Å²) in [6.07, 6.45) is 2.54. The van der Waals surface area contributed by atoms with Gasteiger partial charge in [-0.1, -0.05) is 29.3 Å². The number of thiazole rings is 1. The molecular weight excluding hydrogens is 277 g/mol. The van der Waals surface area contributed by atoms with Crippen LogP contribution in [-0.2, 0) is 12.8 Å². The van der Waals surface area contributed by atoms with Crippen molar-refractivity contribution in [2.24, 2.45) is 0 Å². The van der Waals surface area contributed by atoms with Crippen molar-refractivity contribution in [3.05, 3.63) is 50.4 Å². The molecule has 17 heavy (non-hydrogen) atoms. The topological polar surface area (TPSA) is 33.1 Å². The van der Waals surface area contributed by atoms with Crippen LogP contribution in [0.3, 0.4) is 0 Å². The van der Waals surface area contributed by atoms with E-state index in [-0.39, 0.29) is 0 Å². The predicted octanol–water partition coefficient (Wildman–Crippen LogP) is 3.60. The zero-order chi connectivity index (χ0) is 12.3. The van der Waals surface area contributed by atoms with Crippen LogP contribution in [-0.4, -0.2) is 16.2 Å². The molecular formula is C12H11Cl2NOS. The maximum absolute atomic E-state index is 9.94. The van der Waals surface area contributed by atoms with Crippen LogP contribution in [0.15, 0.2) is 29.9 Å². The number of rotatable bonds is 4. The van der Waals surface area contributed by atoms with E-state index in [9.17, 15) is 5.11 Å². The quantitative estimate of drug-likeness (QED) is 0.932. The molecule has 0 amide bonds. The lowest BCUT2D eigenvalue weighted by Gasteiger charge is -2.09. The van der Waals surface area contributed by atoms with Gasteiger partial charge in [-0.3, -0.25) is 4.98 Å². The highest BCUT2D eigenvalue weighted by molar-refractivity contribution is 7.09. The van der Waals surface area contributed by atoms with E-state index in [4.69, 9.17) is 23.2 Å². The minimum Gasteiger partial charge on any atom is -0.392 e. The zero-order valence-electron chi connectivity index (χ0n) is 8.94. The lowest BCUT2D eigenvalue weighted by molar-refractivity contribution is 0.176. The summed E-state index contributed by atoms with van der Waals surface area (Å²) in [6.45, 7) is 0. The average molecular weight is 288 g/mol. The molecule has 2 nitrogen and oxygen atoms in total. The maximum Gasteiger partial charge on any atom is 0.0794 e. The Morgan fingerprint density at radius 3 is 2.71 bits per heavy atom. The Kier molecular flexibility index (Phi) is 4.40. The molecule has 1 aromatic carbocycles. The van der Waals surface area contributed by atoms with Crippen LogP contribution in [0.5, 0.6) is 0 Å². The highest BCUT2D eigenvalue weighted by atomic mass is 35.5. The van der Waals surface area contributed by atoms with E-state index in [0.717, 1.165) is 10.4 Å². The van der Waals surface area contributed by atoms with Crippen molar-refractivity contribution in [2.75, 3.05) is 0 Å². The minimum absolute atomic E-state index is 0.423. The van der Waals surface area contributed by atoms with E-state index in [1.807, 2.05) is 6.07 Å². The first kappa shape index (κ1) is 12.8. The third-order valence-corrected chi connectivity index (χ3v) is 3.92. The molecule has 0 spiro atoms. The van der Waals surface area contributed by atoms with Crippen LogP contribution in [0.1, 0.15) is 10.4 Å². The van der Waals surface area contributed by atoms with E-state index in [2.05, 4.69) is 4.98 Å². The fourth-order valence-electron chi connectivity index (χ4n) is 1.59. The molecule has 1 heterocycles. The minimum atomic E-state index is -0.423. The second kappa shape index (κ2) is 5.83. The molecule has 1 atom stereocenters. The highest BCUT2D eigenvalue weighted by Crippen LogP contribution is 2.23. The van der Waals surface area contributed by atoms with Crippen LogP contribution in [0.4, 0.5) is 0 Å². The molecule has 0 saturated heterocycles. The van der Waals surface area contributed by atoms with Crippen molar-refractivity contribution in [1.29, 1.82) is 0 Å². The van der Waals surface area contributed by atoms with Crippen LogP contribution in [0.25, 0.3) is 0 Å². The molecule has 2 aromatic rings. The van der Waals surface area contributed by atoms with Crippen molar-refractivity contribution in [2.45, 2.75) is 18.9 Å². The van der Waals surface area contributed by atoms with E-state index >= 15 is 0 Å². The van der Waals surface area contributed by atoms with Gasteiger partial charge in [-0.25, -0.2) is 0 Å². The van der Waals surface area contributed by atoms with Gasteiger partial charge in [-0.15, -0.1) is 11.3 Å². The summed E-state index contributed by atoms with van der Waals surface area (Å²) >= 11 is 13.3. The zero-order valence-corrected chi connectivity index (χ0v) is 11.3. The molecule has 0 fully saturated rings. The monoisotopic (exact) mass is 287 g/mol. The number of hydrogen-bond acceptors (Lipinski definition) is 3. The molecule has 5 heteroatoms. The predicted molar refractivity (Wildman–Crippen MR) is 72.0 cm³/mol. The Bertz CT molecular complexity index is 487. The molecule has 0 aliphatic rings. The summed E-state index contributed by atoms with van der Waals surface area (Å²) in [4.78, 5) is 5.06. The fraction of sp³-hybridized carbons (Fsp3) is 0.250. The molecule has 0 radical (unpaired) electrons. The SMILES string of the molecule is OC(Cc1ccc(Cl)c(Cl)c1)Cc1cncs1. The molecule has 0 bridgehead atoms. The van der Waals surface area contributed by atoms with Crippen molar-refractivity contribution in [3.63, 3.8) is 0 Å². The maximum atomic E-state index is 9.94. The van der Waals surface area contributed by atoms with Gasteiger partial charge in [-0.05, 0) is 24.1 Å². The van der Waals surface area contributed by atoms with Crippen molar-refractivity contribution in [1.82, 2.24) is 4.98 Å². The average Bonchev–Trinajstić information content (AvgIpc) is 2.76. The largest absolute Gasteiger partial charge is 0.392 e. The number of hydrogen-bond donors (Lipinski definition) is 1. The normalized spacial score (nSPS) is 12.6. The number of aliphatic hydroxyl groups is 1. The van der Waals surface area contributed by atoms with Gasteiger partial charge >= 0.3 is 0 Å². The van der Waals surface area contributed by atoms with Gasteiger partial charge in [0.2, 0.25) is 0 Å². The molecule has 1 aromatic heterocycles. The van der Waals surface area contributed by atoms with Crippen molar-refractivity contribution < 1.29 is 5.11 Å². The van der Waals surface area contributed by atoms with Gasteiger partial charge < -0.3 is 5.11 Å². The fourth-order valence-corrected chi connectivity index (χ4v) is 2.57. The van der Waals surface area contributed by atoms with E-state index in [0.29, 0.717) is 22.9 Å². The first-order valence-electron chi connectivity index (χ1n) is 5.14. The Labute approximate surface area is 114 Å². The van der Waals surface area contributed by atoms with Crippen molar-refractivity contribution >= 4 is 34.5 Å². The smallest absolute Gasteiger partial charge is 0.0794 e. The molecule has 1 unspecified atom stereocenters. The second-order valence-corrected chi connectivity index (χ2v) is 5.56. The van der Waals surface area contributed by atoms with Gasteiger partial charge in [-0.2, -0.15) is 0 Å². The number of benzene rings is 1. The summed E-state index contributed by atoms with van der Waals surface area (Å²) in [5.74, 6) is 0. The lowest BCUT2D eigenvalue weighted by atomic mass is 10.1. The first-order valence-corrected chi connectivity index (χ1v) is 6.78. The number of nitrogens with zero attached hydrogens (tertiary/aromatic N) is 1. The molecule has 0 saturated carbocycles. The number of aromatic nitrogens is 1. The lowest BCUT2D eigenvalue weighted by Crippen LogP contribution is -2.13. The van der Waals surface area contributed by atoms with Crippen LogP contribution < -0.4 is 0 Å². The van der Waals surface area contributed by atoms with E-state index in [1.165, 1.54) is 0 Å². The summed E-state index contributed by atoms with van der Waals surface area (Å²) in [5.41, 5.74) is 2.75. The molecule has 0 aliphatic heterocycles. The number of aliphatic hydroxyl groups excluding tert-OH is 1.